The van der Waals surface area contributed by atoms with Crippen LogP contribution in [0.15, 0.2) is 5.51 Å². The molecule has 2 rings (SSSR count). The summed E-state index contributed by atoms with van der Waals surface area (Å²) in [4.78, 5) is 12.7. The summed E-state index contributed by atoms with van der Waals surface area (Å²) in [7, 11) is 0. The Morgan fingerprint density at radius 3 is 2.88 bits per heavy atom. The number of carboxylic acids is 1. The summed E-state index contributed by atoms with van der Waals surface area (Å²) in [6.07, 6.45) is 3.22. The highest BCUT2D eigenvalue weighted by Crippen LogP contribution is 2.26. The fraction of sp³-hybridized carbons (Fsp3) is 0.700. The van der Waals surface area contributed by atoms with Crippen molar-refractivity contribution in [1.29, 1.82) is 0 Å². The second-order valence-corrected chi connectivity index (χ2v) is 4.90. The number of hydrogen-bond donors (Lipinski definition) is 1. The first-order chi connectivity index (χ1) is 7.75. The fourth-order valence-corrected chi connectivity index (χ4v) is 2.66. The molecule has 1 aromatic rings. The molecule has 0 saturated carbocycles. The lowest BCUT2D eigenvalue weighted by Crippen LogP contribution is -2.33. The standard InChI is InChI=1S/C10H15N3O2S/c14-9(15)2-1-8-3-5-13(6-4-8)10-12-11-7-16-10/h7-8H,1-6H2,(H,14,15). The van der Waals surface area contributed by atoms with Gasteiger partial charge in [0.1, 0.15) is 5.51 Å². The van der Waals surface area contributed by atoms with E-state index in [1.54, 1.807) is 16.8 Å². The second-order valence-electron chi connectivity index (χ2n) is 4.08. The van der Waals surface area contributed by atoms with Gasteiger partial charge in [-0.05, 0) is 25.2 Å². The topological polar surface area (TPSA) is 66.3 Å². The number of aromatic nitrogens is 2. The van der Waals surface area contributed by atoms with E-state index in [0.29, 0.717) is 12.3 Å². The van der Waals surface area contributed by atoms with E-state index < -0.39 is 5.97 Å². The molecule has 1 N–H and O–H groups in total. The Morgan fingerprint density at radius 1 is 1.56 bits per heavy atom. The van der Waals surface area contributed by atoms with Crippen LogP contribution in [0.25, 0.3) is 0 Å². The molecule has 1 saturated heterocycles. The lowest BCUT2D eigenvalue weighted by Gasteiger charge is -2.31. The number of carbonyl (C=O) groups is 1. The van der Waals surface area contributed by atoms with Gasteiger partial charge in [-0.2, -0.15) is 0 Å². The zero-order valence-corrected chi connectivity index (χ0v) is 9.82. The molecule has 6 heteroatoms. The van der Waals surface area contributed by atoms with Gasteiger partial charge in [-0.25, -0.2) is 0 Å². The van der Waals surface area contributed by atoms with Gasteiger partial charge < -0.3 is 10.0 Å². The van der Waals surface area contributed by atoms with Gasteiger partial charge >= 0.3 is 5.97 Å². The van der Waals surface area contributed by atoms with Crippen molar-refractivity contribution in [2.24, 2.45) is 5.92 Å². The van der Waals surface area contributed by atoms with Gasteiger partial charge in [0.25, 0.3) is 0 Å². The maximum atomic E-state index is 10.5. The highest BCUT2D eigenvalue weighted by atomic mass is 32.1. The molecule has 0 aromatic carbocycles. The number of anilines is 1. The number of piperidine rings is 1. The predicted molar refractivity (Wildman–Crippen MR) is 61.7 cm³/mol. The molecule has 1 fully saturated rings. The largest absolute Gasteiger partial charge is 0.481 e. The average Bonchev–Trinajstić information content (AvgIpc) is 2.80. The SMILES string of the molecule is O=C(O)CCC1CCN(c2nncs2)CC1. The molecule has 0 radical (unpaired) electrons. The zero-order valence-electron chi connectivity index (χ0n) is 9.00. The van der Waals surface area contributed by atoms with E-state index in [1.165, 1.54) is 0 Å². The first-order valence-electron chi connectivity index (χ1n) is 5.48. The van der Waals surface area contributed by atoms with Crippen molar-refractivity contribution in [1.82, 2.24) is 10.2 Å². The van der Waals surface area contributed by atoms with Crippen LogP contribution in [0.3, 0.4) is 0 Å². The van der Waals surface area contributed by atoms with E-state index in [2.05, 4.69) is 15.1 Å². The van der Waals surface area contributed by atoms with Gasteiger partial charge in [0.2, 0.25) is 5.13 Å². The van der Waals surface area contributed by atoms with Crippen LogP contribution in [-0.4, -0.2) is 34.4 Å². The predicted octanol–water partition coefficient (Wildman–Crippen LogP) is 1.62. The van der Waals surface area contributed by atoms with Crippen molar-refractivity contribution in [3.8, 4) is 0 Å². The highest BCUT2D eigenvalue weighted by molar-refractivity contribution is 7.13. The normalized spacial score (nSPS) is 17.6. The number of nitrogens with zero attached hydrogens (tertiary/aromatic N) is 3. The molecule has 0 spiro atoms. The smallest absolute Gasteiger partial charge is 0.303 e. The van der Waals surface area contributed by atoms with Crippen molar-refractivity contribution in [3.63, 3.8) is 0 Å². The third kappa shape index (κ3) is 2.91. The van der Waals surface area contributed by atoms with Crippen LogP contribution < -0.4 is 4.90 Å². The summed E-state index contributed by atoms with van der Waals surface area (Å²) in [5, 5.41) is 17.5. The Kier molecular flexibility index (Phi) is 3.71. The third-order valence-corrected chi connectivity index (χ3v) is 3.75. The van der Waals surface area contributed by atoms with Gasteiger partial charge in [0.05, 0.1) is 0 Å². The Balaban J connectivity index is 1.76. The third-order valence-electron chi connectivity index (χ3n) is 3.00. The monoisotopic (exact) mass is 241 g/mol. The van der Waals surface area contributed by atoms with Gasteiger partial charge in [-0.1, -0.05) is 11.3 Å². The number of hydrogen-bond acceptors (Lipinski definition) is 5. The zero-order chi connectivity index (χ0) is 11.4. The summed E-state index contributed by atoms with van der Waals surface area (Å²) < 4.78 is 0. The average molecular weight is 241 g/mol. The Morgan fingerprint density at radius 2 is 2.31 bits per heavy atom. The molecule has 5 nitrogen and oxygen atoms in total. The first-order valence-corrected chi connectivity index (χ1v) is 6.36. The fourth-order valence-electron chi connectivity index (χ4n) is 2.05. The van der Waals surface area contributed by atoms with Crippen LogP contribution >= 0.6 is 11.3 Å². The van der Waals surface area contributed by atoms with Crippen molar-refractivity contribution in [2.45, 2.75) is 25.7 Å². The number of rotatable bonds is 4. The van der Waals surface area contributed by atoms with E-state index in [4.69, 9.17) is 5.11 Å². The van der Waals surface area contributed by atoms with E-state index >= 15 is 0 Å². The van der Waals surface area contributed by atoms with Crippen LogP contribution in [0.2, 0.25) is 0 Å². The van der Waals surface area contributed by atoms with E-state index in [9.17, 15) is 4.79 Å². The molecular formula is C10H15N3O2S. The Labute approximate surface area is 98.1 Å². The summed E-state index contributed by atoms with van der Waals surface area (Å²) in [6, 6.07) is 0. The molecule has 2 heterocycles. The van der Waals surface area contributed by atoms with Crippen LogP contribution in [-0.2, 0) is 4.79 Å². The van der Waals surface area contributed by atoms with E-state index in [1.807, 2.05) is 0 Å². The summed E-state index contributed by atoms with van der Waals surface area (Å²) in [6.45, 7) is 1.94. The number of aliphatic carboxylic acids is 1. The van der Waals surface area contributed by atoms with Gasteiger partial charge in [0.15, 0.2) is 0 Å². The molecular weight excluding hydrogens is 226 g/mol. The lowest BCUT2D eigenvalue weighted by molar-refractivity contribution is -0.137. The van der Waals surface area contributed by atoms with Crippen LogP contribution in [0, 0.1) is 5.92 Å². The molecule has 1 aliphatic rings. The summed E-state index contributed by atoms with van der Waals surface area (Å²) in [5.74, 6) is -0.133. The summed E-state index contributed by atoms with van der Waals surface area (Å²) >= 11 is 1.56. The molecule has 1 aromatic heterocycles. The quantitative estimate of drug-likeness (QED) is 0.867. The molecule has 0 amide bonds. The molecule has 16 heavy (non-hydrogen) atoms. The number of carboxylic acid groups (broad SMARTS) is 1. The summed E-state index contributed by atoms with van der Waals surface area (Å²) in [5.41, 5.74) is 1.74. The molecule has 0 unspecified atom stereocenters. The van der Waals surface area contributed by atoms with Crippen molar-refractivity contribution in [3.05, 3.63) is 5.51 Å². The highest BCUT2D eigenvalue weighted by Gasteiger charge is 2.21. The Bertz CT molecular complexity index is 334. The van der Waals surface area contributed by atoms with Crippen molar-refractivity contribution >= 4 is 22.4 Å². The molecule has 0 atom stereocenters. The van der Waals surface area contributed by atoms with Gasteiger partial charge in [0, 0.05) is 19.5 Å². The molecule has 88 valence electrons. The van der Waals surface area contributed by atoms with Crippen molar-refractivity contribution < 1.29 is 9.90 Å². The first kappa shape index (κ1) is 11.3. The molecule has 0 bridgehead atoms. The minimum atomic E-state index is -0.688. The molecule has 0 aliphatic carbocycles. The second kappa shape index (κ2) is 5.25. The van der Waals surface area contributed by atoms with Crippen LogP contribution in [0.4, 0.5) is 5.13 Å². The van der Waals surface area contributed by atoms with Crippen LogP contribution in [0.1, 0.15) is 25.7 Å². The lowest BCUT2D eigenvalue weighted by atomic mass is 9.92. The minimum Gasteiger partial charge on any atom is -0.481 e. The van der Waals surface area contributed by atoms with Crippen molar-refractivity contribution in [2.75, 3.05) is 18.0 Å². The minimum absolute atomic E-state index is 0.295. The van der Waals surface area contributed by atoms with E-state index in [0.717, 1.165) is 37.5 Å². The maximum absolute atomic E-state index is 10.5. The van der Waals surface area contributed by atoms with Crippen LogP contribution in [0.5, 0.6) is 0 Å². The molecule has 1 aliphatic heterocycles. The Hall–Kier alpha value is -1.17. The van der Waals surface area contributed by atoms with Gasteiger partial charge in [-0.3, -0.25) is 4.79 Å². The van der Waals surface area contributed by atoms with E-state index in [-0.39, 0.29) is 0 Å². The van der Waals surface area contributed by atoms with Gasteiger partial charge in [-0.15, -0.1) is 10.2 Å². The maximum Gasteiger partial charge on any atom is 0.303 e.